The van der Waals surface area contributed by atoms with Gasteiger partial charge in [-0.15, -0.1) is 0 Å². The third kappa shape index (κ3) is 1.30. The lowest BCUT2D eigenvalue weighted by atomic mass is 10.2. The minimum Gasteiger partial charge on any atom is -0.352 e. The Morgan fingerprint density at radius 3 is 2.69 bits per heavy atom. The van der Waals surface area contributed by atoms with Crippen molar-refractivity contribution in [3.8, 4) is 0 Å². The number of carbonyl (C=O) groups is 1. The van der Waals surface area contributed by atoms with Crippen LogP contribution in [0.2, 0.25) is 10.0 Å². The summed E-state index contributed by atoms with van der Waals surface area (Å²) in [5, 5.41) is 4.98. The second-order valence-electron chi connectivity index (χ2n) is 2.45. The van der Waals surface area contributed by atoms with Gasteiger partial charge in [-0.25, -0.2) is 0 Å². The van der Waals surface area contributed by atoms with Crippen molar-refractivity contribution in [2.24, 2.45) is 0 Å². The fourth-order valence-electron chi connectivity index (χ4n) is 1.04. The molecule has 0 unspecified atom stereocenters. The number of hydrogen-bond donors (Lipinski definition) is 0. The molecule has 5 heteroatoms. The highest BCUT2D eigenvalue weighted by molar-refractivity contribution is 6.42. The molecule has 3 nitrogen and oxygen atoms in total. The number of carbonyl (C=O) groups excluding carboxylic acids is 1. The van der Waals surface area contributed by atoms with E-state index in [1.165, 1.54) is 0 Å². The predicted octanol–water partition coefficient (Wildman–Crippen LogP) is 2.95. The third-order valence-corrected chi connectivity index (χ3v) is 2.38. The third-order valence-electron chi connectivity index (χ3n) is 1.65. The van der Waals surface area contributed by atoms with E-state index in [0.717, 1.165) is 0 Å². The number of rotatable bonds is 1. The van der Waals surface area contributed by atoms with Crippen LogP contribution in [0, 0.1) is 0 Å². The number of aromatic nitrogens is 1. The van der Waals surface area contributed by atoms with E-state index in [0.29, 0.717) is 27.2 Å². The Kier molecular flexibility index (Phi) is 1.98. The van der Waals surface area contributed by atoms with E-state index in [1.54, 1.807) is 12.1 Å². The summed E-state index contributed by atoms with van der Waals surface area (Å²) in [5.74, 6) is 0.161. The molecule has 0 radical (unpaired) electrons. The SMILES string of the molecule is O=Cc1onc2cc(Cl)c(Cl)cc12. The first-order valence-corrected chi connectivity index (χ1v) is 4.17. The first-order chi connectivity index (χ1) is 6.22. The van der Waals surface area contributed by atoms with Crippen LogP contribution in [0.1, 0.15) is 10.6 Å². The lowest BCUT2D eigenvalue weighted by molar-refractivity contribution is 0.109. The van der Waals surface area contributed by atoms with Crippen molar-refractivity contribution in [1.29, 1.82) is 0 Å². The molecule has 13 heavy (non-hydrogen) atoms. The van der Waals surface area contributed by atoms with Crippen molar-refractivity contribution in [3.63, 3.8) is 0 Å². The van der Waals surface area contributed by atoms with Gasteiger partial charge in [0.25, 0.3) is 0 Å². The van der Waals surface area contributed by atoms with Gasteiger partial charge in [-0.05, 0) is 12.1 Å². The highest BCUT2D eigenvalue weighted by atomic mass is 35.5. The van der Waals surface area contributed by atoms with Crippen LogP contribution in [-0.4, -0.2) is 11.4 Å². The summed E-state index contributed by atoms with van der Waals surface area (Å²) >= 11 is 11.5. The molecule has 0 saturated carbocycles. The lowest BCUT2D eigenvalue weighted by Gasteiger charge is -1.92. The van der Waals surface area contributed by atoms with Gasteiger partial charge in [-0.2, -0.15) is 0 Å². The van der Waals surface area contributed by atoms with Gasteiger partial charge in [0.2, 0.25) is 5.76 Å². The van der Waals surface area contributed by atoms with E-state index in [1.807, 2.05) is 0 Å². The van der Waals surface area contributed by atoms with E-state index < -0.39 is 0 Å². The summed E-state index contributed by atoms with van der Waals surface area (Å²) in [6.07, 6.45) is 0.583. The highest BCUT2D eigenvalue weighted by Crippen LogP contribution is 2.28. The summed E-state index contributed by atoms with van der Waals surface area (Å²) in [4.78, 5) is 10.5. The molecule has 0 spiro atoms. The van der Waals surface area contributed by atoms with Gasteiger partial charge in [0.1, 0.15) is 5.52 Å². The molecule has 0 atom stereocenters. The summed E-state index contributed by atoms with van der Waals surface area (Å²) in [7, 11) is 0. The maximum Gasteiger partial charge on any atom is 0.207 e. The van der Waals surface area contributed by atoms with Crippen LogP contribution in [0.25, 0.3) is 10.9 Å². The van der Waals surface area contributed by atoms with Crippen molar-refractivity contribution < 1.29 is 9.32 Å². The zero-order valence-electron chi connectivity index (χ0n) is 6.25. The first kappa shape index (κ1) is 8.53. The number of halogens is 2. The average molecular weight is 216 g/mol. The Morgan fingerprint density at radius 2 is 2.00 bits per heavy atom. The van der Waals surface area contributed by atoms with Gasteiger partial charge in [0.15, 0.2) is 6.29 Å². The standard InChI is InChI=1S/C8H3Cl2NO2/c9-5-1-4-7(2-6(5)10)11-13-8(4)3-12/h1-3H. The van der Waals surface area contributed by atoms with Crippen LogP contribution >= 0.6 is 23.2 Å². The molecule has 0 saturated heterocycles. The van der Waals surface area contributed by atoms with Crippen LogP contribution < -0.4 is 0 Å². The molecule has 0 aliphatic rings. The second kappa shape index (κ2) is 3.01. The zero-order chi connectivity index (χ0) is 9.42. The maximum atomic E-state index is 10.5. The largest absolute Gasteiger partial charge is 0.352 e. The molecule has 2 aromatic rings. The minimum absolute atomic E-state index is 0.161. The molecule has 1 heterocycles. The minimum atomic E-state index is 0.161. The van der Waals surface area contributed by atoms with E-state index in [9.17, 15) is 4.79 Å². The number of aldehydes is 1. The quantitative estimate of drug-likeness (QED) is 0.688. The Hall–Kier alpha value is -1.06. The monoisotopic (exact) mass is 215 g/mol. The van der Waals surface area contributed by atoms with Crippen molar-refractivity contribution in [3.05, 3.63) is 27.9 Å². The fourth-order valence-corrected chi connectivity index (χ4v) is 1.36. The second-order valence-corrected chi connectivity index (χ2v) is 3.26. The van der Waals surface area contributed by atoms with Gasteiger partial charge in [0.05, 0.1) is 15.4 Å². The predicted molar refractivity (Wildman–Crippen MR) is 49.4 cm³/mol. The van der Waals surface area contributed by atoms with Crippen molar-refractivity contribution in [2.45, 2.75) is 0 Å². The topological polar surface area (TPSA) is 43.1 Å². The van der Waals surface area contributed by atoms with Crippen LogP contribution in [0.15, 0.2) is 16.7 Å². The molecule has 0 aliphatic heterocycles. The zero-order valence-corrected chi connectivity index (χ0v) is 7.76. The van der Waals surface area contributed by atoms with Crippen molar-refractivity contribution in [2.75, 3.05) is 0 Å². The van der Waals surface area contributed by atoms with Crippen LogP contribution in [0.3, 0.4) is 0 Å². The van der Waals surface area contributed by atoms with Crippen LogP contribution in [-0.2, 0) is 0 Å². The highest BCUT2D eigenvalue weighted by Gasteiger charge is 2.09. The smallest absolute Gasteiger partial charge is 0.207 e. The van der Waals surface area contributed by atoms with Gasteiger partial charge >= 0.3 is 0 Å². The van der Waals surface area contributed by atoms with E-state index in [2.05, 4.69) is 5.16 Å². The number of nitrogens with zero attached hydrogens (tertiary/aromatic N) is 1. The Bertz CT molecular complexity index is 478. The van der Waals surface area contributed by atoms with Crippen molar-refractivity contribution >= 4 is 40.4 Å². The van der Waals surface area contributed by atoms with E-state index in [4.69, 9.17) is 27.7 Å². The molecular weight excluding hydrogens is 213 g/mol. The summed E-state index contributed by atoms with van der Waals surface area (Å²) in [6, 6.07) is 3.11. The number of benzene rings is 1. The molecule has 0 N–H and O–H groups in total. The molecule has 1 aromatic carbocycles. The van der Waals surface area contributed by atoms with Gasteiger partial charge in [0, 0.05) is 0 Å². The lowest BCUT2D eigenvalue weighted by Crippen LogP contribution is -1.75. The average Bonchev–Trinajstić information content (AvgIpc) is 2.48. The number of fused-ring (bicyclic) bond motifs is 1. The van der Waals surface area contributed by atoms with Gasteiger partial charge in [-0.1, -0.05) is 28.4 Å². The molecule has 66 valence electrons. The van der Waals surface area contributed by atoms with Gasteiger partial charge in [-0.3, -0.25) is 4.79 Å². The van der Waals surface area contributed by atoms with Crippen LogP contribution in [0.4, 0.5) is 0 Å². The molecule has 0 aliphatic carbocycles. The molecule has 2 rings (SSSR count). The molecule has 0 amide bonds. The Balaban J connectivity index is 2.84. The Morgan fingerprint density at radius 1 is 1.31 bits per heavy atom. The van der Waals surface area contributed by atoms with Crippen molar-refractivity contribution in [1.82, 2.24) is 5.16 Å². The van der Waals surface area contributed by atoms with Gasteiger partial charge < -0.3 is 4.52 Å². The molecular formula is C8H3Cl2NO2. The Labute approximate surface area is 83.2 Å². The van der Waals surface area contributed by atoms with E-state index in [-0.39, 0.29) is 5.76 Å². The summed E-state index contributed by atoms with van der Waals surface area (Å²) in [6.45, 7) is 0. The molecule has 0 fully saturated rings. The molecule has 1 aromatic heterocycles. The van der Waals surface area contributed by atoms with Crippen LogP contribution in [0.5, 0.6) is 0 Å². The molecule has 0 bridgehead atoms. The number of hydrogen-bond acceptors (Lipinski definition) is 3. The van der Waals surface area contributed by atoms with E-state index >= 15 is 0 Å². The fraction of sp³-hybridized carbons (Fsp3) is 0. The maximum absolute atomic E-state index is 10.5. The first-order valence-electron chi connectivity index (χ1n) is 3.42. The normalized spacial score (nSPS) is 10.6. The summed E-state index contributed by atoms with van der Waals surface area (Å²) < 4.78 is 4.74. The summed E-state index contributed by atoms with van der Waals surface area (Å²) in [5.41, 5.74) is 0.525.